The van der Waals surface area contributed by atoms with Crippen molar-refractivity contribution in [2.75, 3.05) is 0 Å². The SMILES string of the molecule is C#C/C(OC1=CCC=C/C1=C/C)=C(C)\C=C/CC. The summed E-state index contributed by atoms with van der Waals surface area (Å²) in [6, 6.07) is 0. The van der Waals surface area contributed by atoms with E-state index in [-0.39, 0.29) is 0 Å². The Morgan fingerprint density at radius 3 is 2.94 bits per heavy atom. The Hall–Kier alpha value is -1.94. The maximum Gasteiger partial charge on any atom is 0.180 e. The highest BCUT2D eigenvalue weighted by Gasteiger charge is 2.09. The monoisotopic (exact) mass is 240 g/mol. The molecule has 0 heterocycles. The molecule has 18 heavy (non-hydrogen) atoms. The molecule has 0 aliphatic heterocycles. The predicted octanol–water partition coefficient (Wildman–Crippen LogP) is 4.67. The molecule has 1 aliphatic rings. The van der Waals surface area contributed by atoms with Gasteiger partial charge in [-0.1, -0.05) is 37.3 Å². The fourth-order valence-corrected chi connectivity index (χ4v) is 1.61. The van der Waals surface area contributed by atoms with Crippen LogP contribution < -0.4 is 0 Å². The second kappa shape index (κ2) is 7.40. The van der Waals surface area contributed by atoms with Gasteiger partial charge in [-0.05, 0) is 38.7 Å². The highest BCUT2D eigenvalue weighted by Crippen LogP contribution is 2.23. The Morgan fingerprint density at radius 1 is 1.56 bits per heavy atom. The van der Waals surface area contributed by atoms with E-state index in [0.29, 0.717) is 5.76 Å². The fraction of sp³-hybridized carbons (Fsp3) is 0.294. The van der Waals surface area contributed by atoms with E-state index in [4.69, 9.17) is 11.2 Å². The van der Waals surface area contributed by atoms with Crippen molar-refractivity contribution in [3.63, 3.8) is 0 Å². The molecule has 0 bridgehead atoms. The first-order valence-electron chi connectivity index (χ1n) is 6.28. The zero-order chi connectivity index (χ0) is 13.4. The Balaban J connectivity index is 2.91. The van der Waals surface area contributed by atoms with Crippen LogP contribution in [-0.2, 0) is 4.74 Å². The Bertz CT molecular complexity index is 476. The van der Waals surface area contributed by atoms with E-state index in [9.17, 15) is 0 Å². The Morgan fingerprint density at radius 2 is 2.33 bits per heavy atom. The van der Waals surface area contributed by atoms with Crippen molar-refractivity contribution in [3.05, 3.63) is 59.1 Å². The van der Waals surface area contributed by atoms with Crippen LogP contribution in [0.15, 0.2) is 59.1 Å². The second-order valence-electron chi connectivity index (χ2n) is 4.02. The topological polar surface area (TPSA) is 9.23 Å². The van der Waals surface area contributed by atoms with Crippen molar-refractivity contribution in [1.29, 1.82) is 0 Å². The molecule has 0 amide bonds. The molecule has 0 aromatic carbocycles. The molecule has 1 nitrogen and oxygen atoms in total. The molecule has 0 fully saturated rings. The fourth-order valence-electron chi connectivity index (χ4n) is 1.61. The zero-order valence-corrected chi connectivity index (χ0v) is 11.4. The third-order valence-electron chi connectivity index (χ3n) is 2.64. The van der Waals surface area contributed by atoms with Gasteiger partial charge < -0.3 is 4.74 Å². The maximum atomic E-state index is 5.84. The van der Waals surface area contributed by atoms with Gasteiger partial charge in [0.2, 0.25) is 0 Å². The smallest absolute Gasteiger partial charge is 0.180 e. The molecule has 0 aromatic rings. The molecule has 0 saturated carbocycles. The summed E-state index contributed by atoms with van der Waals surface area (Å²) in [7, 11) is 0. The lowest BCUT2D eigenvalue weighted by Gasteiger charge is -2.14. The maximum absolute atomic E-state index is 5.84. The van der Waals surface area contributed by atoms with Crippen molar-refractivity contribution in [2.45, 2.75) is 33.6 Å². The van der Waals surface area contributed by atoms with Crippen molar-refractivity contribution in [3.8, 4) is 12.3 Å². The van der Waals surface area contributed by atoms with Crippen LogP contribution in [0.4, 0.5) is 0 Å². The first kappa shape index (κ1) is 14.1. The quantitative estimate of drug-likeness (QED) is 0.394. The van der Waals surface area contributed by atoms with Crippen LogP contribution in [0.3, 0.4) is 0 Å². The van der Waals surface area contributed by atoms with Gasteiger partial charge in [-0.15, -0.1) is 6.42 Å². The number of ether oxygens (including phenoxy) is 1. The number of hydrogen-bond donors (Lipinski definition) is 0. The first-order valence-corrected chi connectivity index (χ1v) is 6.28. The third-order valence-corrected chi connectivity index (χ3v) is 2.64. The minimum absolute atomic E-state index is 0.584. The molecule has 0 saturated heterocycles. The van der Waals surface area contributed by atoms with Gasteiger partial charge in [-0.3, -0.25) is 0 Å². The summed E-state index contributed by atoms with van der Waals surface area (Å²) in [6.45, 7) is 6.05. The van der Waals surface area contributed by atoms with Crippen LogP contribution in [0.2, 0.25) is 0 Å². The second-order valence-corrected chi connectivity index (χ2v) is 4.02. The molecular formula is C17H20O. The molecular weight excluding hydrogens is 220 g/mol. The molecule has 1 rings (SSSR count). The van der Waals surface area contributed by atoms with Gasteiger partial charge >= 0.3 is 0 Å². The number of rotatable bonds is 4. The summed E-state index contributed by atoms with van der Waals surface area (Å²) < 4.78 is 5.84. The highest BCUT2D eigenvalue weighted by molar-refractivity contribution is 5.42. The van der Waals surface area contributed by atoms with Gasteiger partial charge in [0.1, 0.15) is 5.76 Å². The first-order chi connectivity index (χ1) is 8.72. The molecule has 1 heteroatoms. The van der Waals surface area contributed by atoms with Gasteiger partial charge in [-0.2, -0.15) is 0 Å². The van der Waals surface area contributed by atoms with E-state index in [1.807, 2.05) is 32.1 Å². The lowest BCUT2D eigenvalue weighted by molar-refractivity contribution is 0.330. The van der Waals surface area contributed by atoms with Gasteiger partial charge in [0.15, 0.2) is 5.76 Å². The van der Waals surface area contributed by atoms with Crippen molar-refractivity contribution in [2.24, 2.45) is 0 Å². The third kappa shape index (κ3) is 3.82. The zero-order valence-electron chi connectivity index (χ0n) is 11.4. The summed E-state index contributed by atoms with van der Waals surface area (Å²) in [5, 5.41) is 0. The largest absolute Gasteiger partial charge is 0.448 e. The predicted molar refractivity (Wildman–Crippen MR) is 77.6 cm³/mol. The Labute approximate surface area is 110 Å². The van der Waals surface area contributed by atoms with Gasteiger partial charge in [0.25, 0.3) is 0 Å². The van der Waals surface area contributed by atoms with E-state index >= 15 is 0 Å². The van der Waals surface area contributed by atoms with Crippen LogP contribution in [0.1, 0.15) is 33.6 Å². The normalized spacial score (nSPS) is 18.6. The van der Waals surface area contributed by atoms with E-state index in [2.05, 4.69) is 31.1 Å². The molecule has 0 aromatic heterocycles. The highest BCUT2D eigenvalue weighted by atomic mass is 16.5. The van der Waals surface area contributed by atoms with Crippen LogP contribution in [-0.4, -0.2) is 0 Å². The van der Waals surface area contributed by atoms with Crippen molar-refractivity contribution in [1.82, 2.24) is 0 Å². The average Bonchev–Trinajstić information content (AvgIpc) is 2.42. The van der Waals surface area contributed by atoms with E-state index < -0.39 is 0 Å². The van der Waals surface area contributed by atoms with Gasteiger partial charge in [0.05, 0.1) is 0 Å². The summed E-state index contributed by atoms with van der Waals surface area (Å²) in [6.07, 6.45) is 19.7. The summed E-state index contributed by atoms with van der Waals surface area (Å²) in [4.78, 5) is 0. The number of allylic oxidation sites excluding steroid dienone is 8. The van der Waals surface area contributed by atoms with Crippen molar-refractivity contribution >= 4 is 0 Å². The molecule has 0 atom stereocenters. The van der Waals surface area contributed by atoms with Crippen molar-refractivity contribution < 1.29 is 4.74 Å². The molecule has 0 unspecified atom stereocenters. The minimum Gasteiger partial charge on any atom is -0.448 e. The summed E-state index contributed by atoms with van der Waals surface area (Å²) in [5.41, 5.74) is 2.05. The number of terminal acetylenes is 1. The van der Waals surface area contributed by atoms with E-state index in [1.165, 1.54) is 0 Å². The van der Waals surface area contributed by atoms with Crippen LogP contribution in [0.5, 0.6) is 0 Å². The van der Waals surface area contributed by atoms with Crippen LogP contribution in [0, 0.1) is 12.3 Å². The minimum atomic E-state index is 0.584. The number of hydrogen-bond acceptors (Lipinski definition) is 1. The van der Waals surface area contributed by atoms with Gasteiger partial charge in [0, 0.05) is 11.1 Å². The van der Waals surface area contributed by atoms with Gasteiger partial charge in [-0.25, -0.2) is 0 Å². The van der Waals surface area contributed by atoms with E-state index in [0.717, 1.165) is 29.7 Å². The molecule has 0 spiro atoms. The van der Waals surface area contributed by atoms with Crippen LogP contribution >= 0.6 is 0 Å². The molecule has 0 radical (unpaired) electrons. The van der Waals surface area contributed by atoms with E-state index in [1.54, 1.807) is 0 Å². The Kier molecular flexibility index (Phi) is 5.80. The van der Waals surface area contributed by atoms with Crippen LogP contribution in [0.25, 0.3) is 0 Å². The molecule has 0 N–H and O–H groups in total. The lowest BCUT2D eigenvalue weighted by Crippen LogP contribution is -1.98. The summed E-state index contributed by atoms with van der Waals surface area (Å²) >= 11 is 0. The lowest BCUT2D eigenvalue weighted by atomic mass is 10.1. The average molecular weight is 240 g/mol. The molecule has 94 valence electrons. The molecule has 1 aliphatic carbocycles. The summed E-state index contributed by atoms with van der Waals surface area (Å²) in [5.74, 6) is 4.05. The standard InChI is InChI=1S/C17H20O/c1-5-8-11-14(4)16(7-3)18-17-13-10-9-12-15(17)6-2/h3,6,8-9,11-13H,5,10H2,1-2,4H3/b11-8-,15-6-,16-14+.